The average molecular weight is 217 g/mol. The van der Waals surface area contributed by atoms with Crippen LogP contribution in [0.3, 0.4) is 0 Å². The van der Waals surface area contributed by atoms with E-state index in [4.69, 9.17) is 10.6 Å². The molecule has 5 nitrogen and oxygen atoms in total. The van der Waals surface area contributed by atoms with Crippen LogP contribution in [0.25, 0.3) is 0 Å². The maximum atomic E-state index is 10.3. The van der Waals surface area contributed by atoms with Gasteiger partial charge in [-0.1, -0.05) is 17.8 Å². The lowest BCUT2D eigenvalue weighted by Crippen LogP contribution is -1.91. The number of oxime groups is 1. The molecule has 0 radical (unpaired) electrons. The van der Waals surface area contributed by atoms with Crippen molar-refractivity contribution in [3.05, 3.63) is 11.1 Å². The first-order chi connectivity index (χ1) is 6.18. The summed E-state index contributed by atoms with van der Waals surface area (Å²) in [6.45, 7) is 0.200. The number of anilines is 1. The Morgan fingerprint density at radius 1 is 1.92 bits per heavy atom. The molecular weight excluding hydrogens is 210 g/mol. The molecule has 1 heterocycles. The van der Waals surface area contributed by atoms with E-state index in [9.17, 15) is 4.79 Å². The molecule has 0 amide bonds. The van der Waals surface area contributed by atoms with E-state index in [0.29, 0.717) is 10.8 Å². The topological polar surface area (TPSA) is 77.6 Å². The van der Waals surface area contributed by atoms with Crippen LogP contribution in [0, 0.1) is 0 Å². The molecule has 0 aliphatic carbocycles. The molecule has 2 N–H and O–H groups in total. The Hall–Kier alpha value is -1.08. The lowest BCUT2D eigenvalue weighted by molar-refractivity contribution is -0.105. The smallest absolute Gasteiger partial charge is 0.230 e. The van der Waals surface area contributed by atoms with E-state index in [1.165, 1.54) is 11.3 Å². The van der Waals surface area contributed by atoms with E-state index in [1.807, 2.05) is 0 Å². The summed E-state index contributed by atoms with van der Waals surface area (Å²) in [5.41, 5.74) is 6.06. The van der Waals surface area contributed by atoms with Gasteiger partial charge in [-0.15, -0.1) is 11.3 Å². The number of nitrogens with zero attached hydrogens (tertiary/aromatic N) is 2. The van der Waals surface area contributed by atoms with Crippen LogP contribution in [-0.4, -0.2) is 16.3 Å². The van der Waals surface area contributed by atoms with E-state index < -0.39 is 5.12 Å². The number of hydrogen-bond acceptors (Lipinski definition) is 6. The molecule has 0 atom stereocenters. The largest absolute Gasteiger partial charge is 0.389 e. The fourth-order valence-corrected chi connectivity index (χ4v) is 1.17. The van der Waals surface area contributed by atoms with Gasteiger partial charge in [-0.25, -0.2) is 4.98 Å². The van der Waals surface area contributed by atoms with Crippen LogP contribution >= 0.6 is 24.0 Å². The first-order valence-corrected chi connectivity index (χ1v) is 4.59. The minimum Gasteiger partial charge on any atom is -0.389 e. The molecule has 7 heteroatoms. The van der Waals surface area contributed by atoms with E-state index in [2.05, 4.69) is 22.8 Å². The number of thiazole rings is 1. The number of carbonyl (C=O) groups is 1. The highest BCUT2D eigenvalue weighted by Crippen LogP contribution is 2.11. The molecular formula is C6H7N3O2S2. The van der Waals surface area contributed by atoms with Gasteiger partial charge in [-0.2, -0.15) is 0 Å². The van der Waals surface area contributed by atoms with Crippen LogP contribution in [-0.2, 0) is 16.2 Å². The highest BCUT2D eigenvalue weighted by molar-refractivity contribution is 7.98. The SMILES string of the molecule is Nc1nc(CON=CC(=O)S)cs1. The Morgan fingerprint density at radius 3 is 3.23 bits per heavy atom. The summed E-state index contributed by atoms with van der Waals surface area (Å²) in [6, 6.07) is 0. The molecule has 0 fully saturated rings. The van der Waals surface area contributed by atoms with Gasteiger partial charge in [0.2, 0.25) is 5.12 Å². The van der Waals surface area contributed by atoms with Crippen LogP contribution in [0.1, 0.15) is 5.69 Å². The average Bonchev–Trinajstić information content (AvgIpc) is 2.45. The molecule has 0 spiro atoms. The number of aromatic nitrogens is 1. The summed E-state index contributed by atoms with van der Waals surface area (Å²) in [5, 5.41) is 5.12. The van der Waals surface area contributed by atoms with Gasteiger partial charge in [0.1, 0.15) is 6.21 Å². The van der Waals surface area contributed by atoms with Crippen molar-refractivity contribution < 1.29 is 9.63 Å². The number of hydrogen-bond donors (Lipinski definition) is 2. The molecule has 0 saturated carbocycles. The maximum Gasteiger partial charge on any atom is 0.230 e. The third kappa shape index (κ3) is 3.90. The van der Waals surface area contributed by atoms with Crippen molar-refractivity contribution in [2.75, 3.05) is 5.73 Å². The van der Waals surface area contributed by atoms with E-state index in [0.717, 1.165) is 6.21 Å². The highest BCUT2D eigenvalue weighted by atomic mass is 32.1. The first-order valence-electron chi connectivity index (χ1n) is 3.26. The van der Waals surface area contributed by atoms with Crippen molar-refractivity contribution in [2.24, 2.45) is 5.16 Å². The van der Waals surface area contributed by atoms with Crippen molar-refractivity contribution >= 4 is 40.4 Å². The van der Waals surface area contributed by atoms with Gasteiger partial charge in [0, 0.05) is 5.38 Å². The zero-order valence-electron chi connectivity index (χ0n) is 6.51. The fourth-order valence-electron chi connectivity index (χ4n) is 0.575. The minimum absolute atomic E-state index is 0.200. The van der Waals surface area contributed by atoms with Gasteiger partial charge >= 0.3 is 0 Å². The monoisotopic (exact) mass is 217 g/mol. The van der Waals surface area contributed by atoms with Crippen LogP contribution in [0.5, 0.6) is 0 Å². The van der Waals surface area contributed by atoms with Crippen LogP contribution in [0.2, 0.25) is 0 Å². The van der Waals surface area contributed by atoms with Crippen molar-refractivity contribution in [1.29, 1.82) is 0 Å². The second-order valence-electron chi connectivity index (χ2n) is 2.02. The van der Waals surface area contributed by atoms with Crippen molar-refractivity contribution in [3.8, 4) is 0 Å². The summed E-state index contributed by atoms with van der Waals surface area (Å²) in [6.07, 6.45) is 0.971. The minimum atomic E-state index is -0.460. The zero-order valence-corrected chi connectivity index (χ0v) is 8.22. The molecule has 1 rings (SSSR count). The molecule has 0 aliphatic heterocycles. The molecule has 0 saturated heterocycles. The molecule has 0 unspecified atom stereocenters. The molecule has 1 aromatic rings. The lowest BCUT2D eigenvalue weighted by Gasteiger charge is -1.92. The van der Waals surface area contributed by atoms with Gasteiger partial charge in [-0.05, 0) is 0 Å². The standard InChI is InChI=1S/C6H7N3O2S2/c7-6-9-4(3-13-6)2-11-8-1-5(10)12/h1,3H,2H2,(H2,7,9)(H,10,12). The Balaban J connectivity index is 2.31. The summed E-state index contributed by atoms with van der Waals surface area (Å²) >= 11 is 4.78. The Bertz CT molecular complexity index is 323. The normalized spacial score (nSPS) is 10.5. The van der Waals surface area contributed by atoms with Gasteiger partial charge < -0.3 is 10.6 Å². The highest BCUT2D eigenvalue weighted by Gasteiger charge is 1.97. The van der Waals surface area contributed by atoms with Gasteiger partial charge in [0.15, 0.2) is 11.7 Å². The molecule has 0 bridgehead atoms. The Labute approximate surface area is 84.0 Å². The summed E-state index contributed by atoms with van der Waals surface area (Å²) in [5.74, 6) is 0. The van der Waals surface area contributed by atoms with Crippen LogP contribution < -0.4 is 5.73 Å². The first kappa shape index (κ1) is 10.0. The van der Waals surface area contributed by atoms with Crippen LogP contribution in [0.15, 0.2) is 10.5 Å². The van der Waals surface area contributed by atoms with Gasteiger partial charge in [-0.3, -0.25) is 4.79 Å². The number of nitrogens with two attached hydrogens (primary N) is 1. The fraction of sp³-hybridized carbons (Fsp3) is 0.167. The molecule has 1 aromatic heterocycles. The Kier molecular flexibility index (Phi) is 3.71. The number of thiol groups is 1. The number of rotatable bonds is 4. The quantitative estimate of drug-likeness (QED) is 0.442. The Morgan fingerprint density at radius 2 is 2.69 bits per heavy atom. The van der Waals surface area contributed by atoms with Crippen molar-refractivity contribution in [1.82, 2.24) is 4.98 Å². The summed E-state index contributed by atoms with van der Waals surface area (Å²) < 4.78 is 0. The number of carbonyl (C=O) groups excluding carboxylic acids is 1. The molecule has 13 heavy (non-hydrogen) atoms. The second-order valence-corrected chi connectivity index (χ2v) is 3.35. The molecule has 70 valence electrons. The van der Waals surface area contributed by atoms with Gasteiger partial charge in [0.25, 0.3) is 0 Å². The third-order valence-corrected chi connectivity index (χ3v) is 1.86. The van der Waals surface area contributed by atoms with Crippen molar-refractivity contribution in [2.45, 2.75) is 6.61 Å². The maximum absolute atomic E-state index is 10.3. The lowest BCUT2D eigenvalue weighted by atomic mass is 10.5. The summed E-state index contributed by atoms with van der Waals surface area (Å²) in [4.78, 5) is 18.9. The number of nitrogen functional groups attached to an aromatic ring is 1. The zero-order chi connectivity index (χ0) is 9.68. The second kappa shape index (κ2) is 4.83. The van der Waals surface area contributed by atoms with E-state index in [-0.39, 0.29) is 6.61 Å². The predicted molar refractivity (Wildman–Crippen MR) is 53.8 cm³/mol. The summed E-state index contributed by atoms with van der Waals surface area (Å²) in [7, 11) is 0. The van der Waals surface area contributed by atoms with Gasteiger partial charge in [0.05, 0.1) is 5.69 Å². The third-order valence-electron chi connectivity index (χ3n) is 1.02. The van der Waals surface area contributed by atoms with E-state index in [1.54, 1.807) is 5.38 Å². The molecule has 0 aliphatic rings. The van der Waals surface area contributed by atoms with Crippen molar-refractivity contribution in [3.63, 3.8) is 0 Å². The predicted octanol–water partition coefficient (Wildman–Crippen LogP) is 0.684. The van der Waals surface area contributed by atoms with E-state index >= 15 is 0 Å². The molecule has 0 aromatic carbocycles. The van der Waals surface area contributed by atoms with Crippen LogP contribution in [0.4, 0.5) is 5.13 Å².